The second-order valence-corrected chi connectivity index (χ2v) is 3.69. The lowest BCUT2D eigenvalue weighted by Crippen LogP contribution is -2.29. The van der Waals surface area contributed by atoms with E-state index in [2.05, 4.69) is 23.6 Å². The number of nitrogens with one attached hydrogen (secondary N) is 1. The molecule has 0 aliphatic rings. The van der Waals surface area contributed by atoms with Crippen LogP contribution in [-0.2, 0) is 4.79 Å². The fourth-order valence-electron chi connectivity index (χ4n) is 1.05. The van der Waals surface area contributed by atoms with Crippen molar-refractivity contribution in [3.05, 3.63) is 23.9 Å². The molecule has 4 heteroatoms. The van der Waals surface area contributed by atoms with Crippen molar-refractivity contribution in [3.63, 3.8) is 0 Å². The summed E-state index contributed by atoms with van der Waals surface area (Å²) in [6.07, 6.45) is 3.13. The van der Waals surface area contributed by atoms with Gasteiger partial charge in [0.25, 0.3) is 5.91 Å². The molecule has 1 unspecified atom stereocenters. The van der Waals surface area contributed by atoms with Crippen LogP contribution in [0.1, 0.15) is 26.7 Å². The van der Waals surface area contributed by atoms with E-state index in [1.807, 2.05) is 13.8 Å². The Morgan fingerprint density at radius 2 is 2.25 bits per heavy atom. The highest BCUT2D eigenvalue weighted by molar-refractivity contribution is 5.95. The molecule has 0 bridgehead atoms. The number of nitrogens with two attached hydrogens (primary N) is 1. The molecule has 4 nitrogen and oxygen atoms in total. The summed E-state index contributed by atoms with van der Waals surface area (Å²) in [4.78, 5) is 15.3. The molecule has 0 aromatic rings. The van der Waals surface area contributed by atoms with Crippen LogP contribution in [0.3, 0.4) is 0 Å². The summed E-state index contributed by atoms with van der Waals surface area (Å²) >= 11 is 0. The van der Waals surface area contributed by atoms with Gasteiger partial charge in [-0.05, 0) is 32.6 Å². The van der Waals surface area contributed by atoms with E-state index in [-0.39, 0.29) is 11.9 Å². The van der Waals surface area contributed by atoms with Gasteiger partial charge < -0.3 is 11.1 Å². The van der Waals surface area contributed by atoms with E-state index in [1.54, 1.807) is 6.08 Å². The Bertz CT molecular complexity index is 293. The highest BCUT2D eigenvalue weighted by atomic mass is 16.1. The maximum atomic E-state index is 11.5. The Hall–Kier alpha value is -1.42. The molecule has 90 valence electrons. The molecule has 0 rings (SSSR count). The van der Waals surface area contributed by atoms with Crippen molar-refractivity contribution in [2.75, 3.05) is 6.54 Å². The van der Waals surface area contributed by atoms with Crippen molar-refractivity contribution in [2.45, 2.75) is 32.7 Å². The van der Waals surface area contributed by atoms with Crippen LogP contribution in [0.2, 0.25) is 0 Å². The average Bonchev–Trinajstić information content (AvgIpc) is 2.24. The fourth-order valence-corrected chi connectivity index (χ4v) is 1.05. The van der Waals surface area contributed by atoms with Crippen LogP contribution in [-0.4, -0.2) is 25.2 Å². The van der Waals surface area contributed by atoms with E-state index >= 15 is 0 Å². The van der Waals surface area contributed by atoms with Crippen molar-refractivity contribution in [3.8, 4) is 0 Å². The van der Waals surface area contributed by atoms with E-state index in [0.717, 1.165) is 18.5 Å². The zero-order valence-corrected chi connectivity index (χ0v) is 10.1. The molecule has 3 N–H and O–H groups in total. The molecule has 1 atom stereocenters. The molecule has 1 amide bonds. The topological polar surface area (TPSA) is 67.5 Å². The average molecular weight is 223 g/mol. The molecule has 0 aliphatic carbocycles. The third kappa shape index (κ3) is 6.14. The van der Waals surface area contributed by atoms with Crippen LogP contribution in [0, 0.1) is 0 Å². The van der Waals surface area contributed by atoms with E-state index in [4.69, 9.17) is 5.73 Å². The zero-order chi connectivity index (χ0) is 12.6. The third-order valence-electron chi connectivity index (χ3n) is 2.08. The summed E-state index contributed by atoms with van der Waals surface area (Å²) < 4.78 is 0. The maximum absolute atomic E-state index is 11.5. The molecule has 16 heavy (non-hydrogen) atoms. The molecule has 0 fully saturated rings. The molecule has 0 saturated heterocycles. The highest BCUT2D eigenvalue weighted by Crippen LogP contribution is 2.05. The number of aliphatic imine (C=N–C) groups is 1. The molecule has 0 aromatic heterocycles. The molecule has 0 aliphatic heterocycles. The summed E-state index contributed by atoms with van der Waals surface area (Å²) in [5, 5.41) is 2.74. The molecule has 0 aromatic carbocycles. The fraction of sp³-hybridized carbons (Fsp3) is 0.500. The third-order valence-corrected chi connectivity index (χ3v) is 2.08. The first kappa shape index (κ1) is 14.6. The highest BCUT2D eigenvalue weighted by Gasteiger charge is 2.04. The summed E-state index contributed by atoms with van der Waals surface area (Å²) in [7, 11) is 0. The van der Waals surface area contributed by atoms with Gasteiger partial charge in [0.2, 0.25) is 0 Å². The first-order valence-corrected chi connectivity index (χ1v) is 5.41. The second kappa shape index (κ2) is 7.82. The smallest absolute Gasteiger partial charge is 0.250 e. The van der Waals surface area contributed by atoms with E-state index < -0.39 is 0 Å². The first-order chi connectivity index (χ1) is 7.51. The Morgan fingerprint density at radius 3 is 2.69 bits per heavy atom. The zero-order valence-electron chi connectivity index (χ0n) is 10.1. The van der Waals surface area contributed by atoms with Gasteiger partial charge in [0.05, 0.1) is 0 Å². The van der Waals surface area contributed by atoms with Crippen molar-refractivity contribution in [1.29, 1.82) is 0 Å². The number of hydrogen-bond acceptors (Lipinski definition) is 3. The molecule has 0 heterocycles. The van der Waals surface area contributed by atoms with Crippen LogP contribution in [0.5, 0.6) is 0 Å². The number of hydrogen-bond donors (Lipinski definition) is 2. The van der Waals surface area contributed by atoms with Gasteiger partial charge in [-0.1, -0.05) is 13.5 Å². The van der Waals surface area contributed by atoms with Gasteiger partial charge >= 0.3 is 0 Å². The minimum absolute atomic E-state index is 0.0881. The van der Waals surface area contributed by atoms with Crippen LogP contribution < -0.4 is 11.1 Å². The number of amides is 1. The standard InChI is InChI=1S/C12H21N3O/c1-5-11(14-4)8-9(2)12(16)15-7-6-10(3)13/h8,10H,2,4-7,13H2,1,3H3,(H,15,16)/b11-8-. The van der Waals surface area contributed by atoms with Crippen molar-refractivity contribution in [1.82, 2.24) is 5.32 Å². The van der Waals surface area contributed by atoms with Gasteiger partial charge in [-0.2, -0.15) is 0 Å². The molecular formula is C12H21N3O. The van der Waals surface area contributed by atoms with Crippen molar-refractivity contribution >= 4 is 12.6 Å². The lowest BCUT2D eigenvalue weighted by molar-refractivity contribution is -0.117. The number of nitrogens with zero attached hydrogens (tertiary/aromatic N) is 1. The monoisotopic (exact) mass is 223 g/mol. The van der Waals surface area contributed by atoms with Crippen LogP contribution in [0.15, 0.2) is 28.9 Å². The molecule has 0 saturated carbocycles. The predicted octanol–water partition coefficient (Wildman–Crippen LogP) is 1.39. The van der Waals surface area contributed by atoms with Gasteiger partial charge in [-0.15, -0.1) is 0 Å². The Balaban J connectivity index is 4.14. The van der Waals surface area contributed by atoms with Crippen molar-refractivity contribution in [2.24, 2.45) is 10.7 Å². The first-order valence-electron chi connectivity index (χ1n) is 5.41. The summed E-state index contributed by atoms with van der Waals surface area (Å²) in [5.74, 6) is -0.185. The maximum Gasteiger partial charge on any atom is 0.250 e. The predicted molar refractivity (Wildman–Crippen MR) is 68.3 cm³/mol. The minimum Gasteiger partial charge on any atom is -0.352 e. The summed E-state index contributed by atoms with van der Waals surface area (Å²) in [6.45, 7) is 11.5. The largest absolute Gasteiger partial charge is 0.352 e. The second-order valence-electron chi connectivity index (χ2n) is 3.69. The van der Waals surface area contributed by atoms with Gasteiger partial charge in [-0.3, -0.25) is 9.79 Å². The van der Waals surface area contributed by atoms with E-state index in [9.17, 15) is 4.79 Å². The molecular weight excluding hydrogens is 202 g/mol. The van der Waals surface area contributed by atoms with E-state index in [0.29, 0.717) is 12.1 Å². The Labute approximate surface area is 97.3 Å². The summed E-state index contributed by atoms with van der Waals surface area (Å²) in [6, 6.07) is 0.0881. The summed E-state index contributed by atoms with van der Waals surface area (Å²) in [5.41, 5.74) is 6.72. The van der Waals surface area contributed by atoms with Crippen LogP contribution >= 0.6 is 0 Å². The number of allylic oxidation sites excluding steroid dienone is 1. The molecule has 0 spiro atoms. The Morgan fingerprint density at radius 1 is 1.62 bits per heavy atom. The lowest BCUT2D eigenvalue weighted by atomic mass is 10.2. The lowest BCUT2D eigenvalue weighted by Gasteiger charge is -2.07. The molecule has 0 radical (unpaired) electrons. The number of carbonyl (C=O) groups is 1. The van der Waals surface area contributed by atoms with Gasteiger partial charge in [-0.25, -0.2) is 0 Å². The van der Waals surface area contributed by atoms with E-state index in [1.165, 1.54) is 0 Å². The van der Waals surface area contributed by atoms with Gasteiger partial charge in [0.15, 0.2) is 0 Å². The van der Waals surface area contributed by atoms with Gasteiger partial charge in [0.1, 0.15) is 0 Å². The van der Waals surface area contributed by atoms with Crippen LogP contribution in [0.25, 0.3) is 0 Å². The van der Waals surface area contributed by atoms with Crippen molar-refractivity contribution < 1.29 is 4.79 Å². The Kier molecular flexibility index (Phi) is 7.12. The van der Waals surface area contributed by atoms with Crippen LogP contribution in [0.4, 0.5) is 0 Å². The van der Waals surface area contributed by atoms with Gasteiger partial charge in [0, 0.05) is 23.9 Å². The minimum atomic E-state index is -0.185. The quantitative estimate of drug-likeness (QED) is 0.389. The SMILES string of the molecule is C=N/C(=C\C(=C)C(=O)NCCC(C)N)CC. The number of carbonyl (C=O) groups excluding carboxylic acids is 1. The normalized spacial score (nSPS) is 13.1. The number of rotatable bonds is 7.